The van der Waals surface area contributed by atoms with Crippen LogP contribution in [0, 0.1) is 0 Å². The van der Waals surface area contributed by atoms with Crippen LogP contribution < -0.4 is 16.0 Å². The number of fused-ring (bicyclic) bond motifs is 1. The number of para-hydroxylation sites is 2. The largest absolute Gasteiger partial charge is 0.366 e. The minimum Gasteiger partial charge on any atom is -0.366 e. The van der Waals surface area contributed by atoms with E-state index in [-0.39, 0.29) is 0 Å². The standard InChI is InChI=1S/C16H17N3O/c17-16(20)13-6-2-4-8-15(13)19-10-9-18-11-12-5-1-3-7-14(12)19/h1-8,18H,9-11H2,(H2,17,20). The Morgan fingerprint density at radius 1 is 1.05 bits per heavy atom. The van der Waals surface area contributed by atoms with E-state index in [0.717, 1.165) is 31.0 Å². The number of benzene rings is 2. The van der Waals surface area contributed by atoms with E-state index in [1.165, 1.54) is 5.56 Å². The van der Waals surface area contributed by atoms with Crippen molar-refractivity contribution >= 4 is 17.3 Å². The second kappa shape index (κ2) is 5.35. The zero-order chi connectivity index (χ0) is 13.9. The number of carbonyl (C=O) groups is 1. The van der Waals surface area contributed by atoms with Crippen LogP contribution in [0.4, 0.5) is 11.4 Å². The number of carbonyl (C=O) groups excluding carboxylic acids is 1. The van der Waals surface area contributed by atoms with E-state index in [4.69, 9.17) is 5.73 Å². The van der Waals surface area contributed by atoms with Crippen molar-refractivity contribution in [2.45, 2.75) is 6.54 Å². The number of nitrogens with zero attached hydrogens (tertiary/aromatic N) is 1. The normalized spacial score (nSPS) is 14.5. The summed E-state index contributed by atoms with van der Waals surface area (Å²) < 4.78 is 0. The number of hydrogen-bond donors (Lipinski definition) is 2. The van der Waals surface area contributed by atoms with E-state index in [2.05, 4.69) is 22.3 Å². The summed E-state index contributed by atoms with van der Waals surface area (Å²) in [7, 11) is 0. The lowest BCUT2D eigenvalue weighted by Gasteiger charge is -2.26. The van der Waals surface area contributed by atoms with E-state index in [9.17, 15) is 4.79 Å². The Bertz CT molecular complexity index is 639. The van der Waals surface area contributed by atoms with Crippen LogP contribution in [0.1, 0.15) is 15.9 Å². The molecule has 0 saturated carbocycles. The molecule has 1 amide bonds. The molecule has 3 rings (SSSR count). The fourth-order valence-corrected chi connectivity index (χ4v) is 2.63. The predicted octanol–water partition coefficient (Wildman–Crippen LogP) is 2.03. The van der Waals surface area contributed by atoms with Gasteiger partial charge in [0.25, 0.3) is 5.91 Å². The highest BCUT2D eigenvalue weighted by molar-refractivity contribution is 5.99. The average molecular weight is 267 g/mol. The summed E-state index contributed by atoms with van der Waals surface area (Å²) in [5, 5.41) is 3.39. The molecule has 1 heterocycles. The first-order chi connectivity index (χ1) is 9.77. The van der Waals surface area contributed by atoms with Gasteiger partial charge in [-0.05, 0) is 23.8 Å². The number of primary amides is 1. The quantitative estimate of drug-likeness (QED) is 0.875. The van der Waals surface area contributed by atoms with Gasteiger partial charge in [-0.2, -0.15) is 0 Å². The van der Waals surface area contributed by atoms with Crippen molar-refractivity contribution in [2.75, 3.05) is 18.0 Å². The van der Waals surface area contributed by atoms with Crippen molar-refractivity contribution in [3.63, 3.8) is 0 Å². The van der Waals surface area contributed by atoms with E-state index >= 15 is 0 Å². The SMILES string of the molecule is NC(=O)c1ccccc1N1CCNCc2ccccc21. The third-order valence-electron chi connectivity index (χ3n) is 3.57. The van der Waals surface area contributed by atoms with Gasteiger partial charge in [-0.3, -0.25) is 4.79 Å². The number of anilines is 2. The summed E-state index contributed by atoms with van der Waals surface area (Å²) in [6.45, 7) is 2.51. The molecule has 0 fully saturated rings. The van der Waals surface area contributed by atoms with Crippen molar-refractivity contribution in [3.8, 4) is 0 Å². The van der Waals surface area contributed by atoms with Gasteiger partial charge in [-0.15, -0.1) is 0 Å². The van der Waals surface area contributed by atoms with Crippen molar-refractivity contribution in [1.29, 1.82) is 0 Å². The predicted molar refractivity (Wildman–Crippen MR) is 80.1 cm³/mol. The zero-order valence-corrected chi connectivity index (χ0v) is 11.2. The molecule has 1 aliphatic heterocycles. The molecule has 0 aromatic heterocycles. The molecular weight excluding hydrogens is 250 g/mol. The van der Waals surface area contributed by atoms with Crippen LogP contribution in [0.25, 0.3) is 0 Å². The molecule has 4 heteroatoms. The highest BCUT2D eigenvalue weighted by atomic mass is 16.1. The Morgan fingerprint density at radius 3 is 2.55 bits per heavy atom. The Balaban J connectivity index is 2.13. The van der Waals surface area contributed by atoms with Gasteiger partial charge in [-0.1, -0.05) is 30.3 Å². The molecule has 0 unspecified atom stereocenters. The molecule has 4 nitrogen and oxygen atoms in total. The van der Waals surface area contributed by atoms with E-state index in [0.29, 0.717) is 5.56 Å². The molecule has 0 bridgehead atoms. The number of hydrogen-bond acceptors (Lipinski definition) is 3. The van der Waals surface area contributed by atoms with Crippen molar-refractivity contribution < 1.29 is 4.79 Å². The number of rotatable bonds is 2. The van der Waals surface area contributed by atoms with Crippen LogP contribution in [0.2, 0.25) is 0 Å². The van der Waals surface area contributed by atoms with Gasteiger partial charge in [0.15, 0.2) is 0 Å². The van der Waals surface area contributed by atoms with Gasteiger partial charge >= 0.3 is 0 Å². The van der Waals surface area contributed by atoms with Gasteiger partial charge in [0.1, 0.15) is 0 Å². The van der Waals surface area contributed by atoms with Crippen molar-refractivity contribution in [3.05, 3.63) is 59.7 Å². The maximum absolute atomic E-state index is 11.6. The van der Waals surface area contributed by atoms with Gasteiger partial charge in [0, 0.05) is 25.3 Å². The number of amides is 1. The Morgan fingerprint density at radius 2 is 1.75 bits per heavy atom. The summed E-state index contributed by atoms with van der Waals surface area (Å²) in [5.41, 5.74) is 9.29. The molecule has 2 aromatic rings. The number of nitrogens with two attached hydrogens (primary N) is 1. The van der Waals surface area contributed by atoms with Crippen LogP contribution in [-0.4, -0.2) is 19.0 Å². The van der Waals surface area contributed by atoms with Gasteiger partial charge in [0.05, 0.1) is 11.3 Å². The monoisotopic (exact) mass is 267 g/mol. The van der Waals surface area contributed by atoms with Gasteiger partial charge in [-0.25, -0.2) is 0 Å². The molecule has 1 aliphatic rings. The lowest BCUT2D eigenvalue weighted by atomic mass is 10.1. The Labute approximate surface area is 118 Å². The van der Waals surface area contributed by atoms with Crippen LogP contribution in [0.3, 0.4) is 0 Å². The number of nitrogens with one attached hydrogen (secondary N) is 1. The van der Waals surface area contributed by atoms with E-state index < -0.39 is 5.91 Å². The summed E-state index contributed by atoms with van der Waals surface area (Å²) in [5.74, 6) is -0.393. The summed E-state index contributed by atoms with van der Waals surface area (Å²) in [6.07, 6.45) is 0. The van der Waals surface area contributed by atoms with Crippen LogP contribution in [-0.2, 0) is 6.54 Å². The average Bonchev–Trinajstić information content (AvgIpc) is 2.69. The Kier molecular flexibility index (Phi) is 3.39. The fourth-order valence-electron chi connectivity index (χ4n) is 2.63. The smallest absolute Gasteiger partial charge is 0.250 e. The maximum Gasteiger partial charge on any atom is 0.250 e. The molecule has 0 spiro atoms. The van der Waals surface area contributed by atoms with Crippen molar-refractivity contribution in [1.82, 2.24) is 5.32 Å². The molecule has 3 N–H and O–H groups in total. The molecule has 0 atom stereocenters. The lowest BCUT2D eigenvalue weighted by molar-refractivity contribution is 0.100. The minimum absolute atomic E-state index is 0.393. The molecule has 2 aromatic carbocycles. The van der Waals surface area contributed by atoms with Crippen LogP contribution >= 0.6 is 0 Å². The molecular formula is C16H17N3O. The van der Waals surface area contributed by atoms with E-state index in [1.54, 1.807) is 6.07 Å². The molecule has 20 heavy (non-hydrogen) atoms. The van der Waals surface area contributed by atoms with Gasteiger partial charge < -0.3 is 16.0 Å². The zero-order valence-electron chi connectivity index (χ0n) is 11.2. The summed E-state index contributed by atoms with van der Waals surface area (Å²) >= 11 is 0. The van der Waals surface area contributed by atoms with Gasteiger partial charge in [0.2, 0.25) is 0 Å². The first-order valence-corrected chi connectivity index (χ1v) is 6.72. The molecule has 0 aliphatic carbocycles. The third kappa shape index (κ3) is 2.26. The highest BCUT2D eigenvalue weighted by Gasteiger charge is 2.19. The second-order valence-electron chi connectivity index (χ2n) is 4.84. The van der Waals surface area contributed by atoms with E-state index in [1.807, 2.05) is 30.3 Å². The molecule has 102 valence electrons. The van der Waals surface area contributed by atoms with Crippen LogP contribution in [0.5, 0.6) is 0 Å². The maximum atomic E-state index is 11.6. The van der Waals surface area contributed by atoms with Crippen molar-refractivity contribution in [2.24, 2.45) is 5.73 Å². The van der Waals surface area contributed by atoms with Crippen LogP contribution in [0.15, 0.2) is 48.5 Å². The summed E-state index contributed by atoms with van der Waals surface area (Å²) in [6, 6.07) is 15.7. The second-order valence-corrected chi connectivity index (χ2v) is 4.84. The topological polar surface area (TPSA) is 58.4 Å². The first kappa shape index (κ1) is 12.7. The fraction of sp³-hybridized carbons (Fsp3) is 0.188. The lowest BCUT2D eigenvalue weighted by Crippen LogP contribution is -2.26. The Hall–Kier alpha value is -2.33. The first-order valence-electron chi connectivity index (χ1n) is 6.72. The molecule has 0 radical (unpaired) electrons. The highest BCUT2D eigenvalue weighted by Crippen LogP contribution is 2.31. The molecule has 0 saturated heterocycles. The minimum atomic E-state index is -0.393. The third-order valence-corrected chi connectivity index (χ3v) is 3.57. The summed E-state index contributed by atoms with van der Waals surface area (Å²) in [4.78, 5) is 13.8.